The van der Waals surface area contributed by atoms with Gasteiger partial charge in [0.25, 0.3) is 5.91 Å². The first-order valence-electron chi connectivity index (χ1n) is 12.5. The summed E-state index contributed by atoms with van der Waals surface area (Å²) in [5, 5.41) is -0.338. The molecule has 6 rings (SSSR count). The Bertz CT molecular complexity index is 1330. The molecule has 2 atom stereocenters. The molecule has 36 heavy (non-hydrogen) atoms. The van der Waals surface area contributed by atoms with Crippen molar-refractivity contribution in [3.05, 3.63) is 89.5 Å². The summed E-state index contributed by atoms with van der Waals surface area (Å²) in [7, 11) is 0. The lowest BCUT2D eigenvalue weighted by Crippen LogP contribution is -2.52. The van der Waals surface area contributed by atoms with Gasteiger partial charge < -0.3 is 4.74 Å². The Morgan fingerprint density at radius 1 is 0.972 bits per heavy atom. The molecule has 184 valence electrons. The van der Waals surface area contributed by atoms with E-state index in [4.69, 9.17) is 4.74 Å². The van der Waals surface area contributed by atoms with Gasteiger partial charge in [-0.25, -0.2) is 0 Å². The summed E-state index contributed by atoms with van der Waals surface area (Å²) in [6, 6.07) is 23.9. The average Bonchev–Trinajstić information content (AvgIpc) is 3.30. The number of thioether (sulfide) groups is 1. The lowest BCUT2D eigenvalue weighted by molar-refractivity contribution is -0.124. The van der Waals surface area contributed by atoms with Crippen LogP contribution in [0.5, 0.6) is 5.75 Å². The molecule has 6 nitrogen and oxygen atoms in total. The second-order valence-corrected chi connectivity index (χ2v) is 11.0. The van der Waals surface area contributed by atoms with E-state index >= 15 is 0 Å². The highest BCUT2D eigenvalue weighted by atomic mass is 32.2. The molecule has 3 aliphatic rings. The minimum atomic E-state index is -1.12. The maximum atomic E-state index is 14.4. The van der Waals surface area contributed by atoms with Crippen LogP contribution in [0.4, 0.5) is 11.4 Å². The summed E-state index contributed by atoms with van der Waals surface area (Å²) >= 11 is 1.44. The maximum Gasteiger partial charge on any atom is 0.269 e. The van der Waals surface area contributed by atoms with Crippen LogP contribution in [0.15, 0.2) is 72.8 Å². The summed E-state index contributed by atoms with van der Waals surface area (Å²) in [4.78, 5) is 32.8. The van der Waals surface area contributed by atoms with Gasteiger partial charge in [0.1, 0.15) is 5.75 Å². The van der Waals surface area contributed by atoms with Crippen molar-refractivity contribution >= 4 is 35.0 Å². The van der Waals surface area contributed by atoms with Crippen LogP contribution in [0.2, 0.25) is 0 Å². The van der Waals surface area contributed by atoms with Crippen LogP contribution < -0.4 is 14.5 Å². The molecular weight excluding hydrogens is 470 g/mol. The predicted molar refractivity (Wildman–Crippen MR) is 143 cm³/mol. The van der Waals surface area contributed by atoms with Gasteiger partial charge in [-0.1, -0.05) is 42.5 Å². The van der Waals surface area contributed by atoms with Gasteiger partial charge in [0.2, 0.25) is 10.8 Å². The average molecular weight is 500 g/mol. The number of para-hydroxylation sites is 1. The number of amides is 2. The van der Waals surface area contributed by atoms with E-state index in [0.29, 0.717) is 19.0 Å². The van der Waals surface area contributed by atoms with E-state index in [0.717, 1.165) is 36.5 Å². The molecular formula is C29H29N3O3S. The van der Waals surface area contributed by atoms with Gasteiger partial charge in [-0.05, 0) is 61.7 Å². The molecule has 0 saturated carbocycles. The third-order valence-electron chi connectivity index (χ3n) is 7.28. The highest BCUT2D eigenvalue weighted by Gasteiger charge is 2.63. The smallest absolute Gasteiger partial charge is 0.269 e. The van der Waals surface area contributed by atoms with Crippen molar-refractivity contribution in [2.75, 3.05) is 29.6 Å². The fourth-order valence-corrected chi connectivity index (χ4v) is 7.14. The minimum absolute atomic E-state index is 0.0546. The van der Waals surface area contributed by atoms with Crippen LogP contribution in [-0.4, -0.2) is 41.8 Å². The van der Waals surface area contributed by atoms with Crippen molar-refractivity contribution < 1.29 is 14.3 Å². The molecule has 1 saturated heterocycles. The van der Waals surface area contributed by atoms with E-state index in [9.17, 15) is 9.59 Å². The van der Waals surface area contributed by atoms with Gasteiger partial charge in [-0.2, -0.15) is 0 Å². The Labute approximate surface area is 215 Å². The van der Waals surface area contributed by atoms with Crippen molar-refractivity contribution in [1.82, 2.24) is 4.90 Å². The van der Waals surface area contributed by atoms with Gasteiger partial charge in [-0.15, -0.1) is 11.8 Å². The Hall–Kier alpha value is -3.29. The molecule has 1 spiro atoms. The molecule has 2 unspecified atom stereocenters. The van der Waals surface area contributed by atoms with E-state index in [2.05, 4.69) is 29.2 Å². The molecule has 1 fully saturated rings. The number of benzene rings is 3. The minimum Gasteiger partial charge on any atom is -0.494 e. The molecule has 0 aromatic heterocycles. The van der Waals surface area contributed by atoms with Crippen molar-refractivity contribution in [3.8, 4) is 5.75 Å². The number of carbonyl (C=O) groups is 2. The zero-order chi connectivity index (χ0) is 24.9. The first-order chi connectivity index (χ1) is 17.5. The monoisotopic (exact) mass is 499 g/mol. The number of nitrogens with zero attached hydrogens (tertiary/aromatic N) is 3. The Morgan fingerprint density at radius 2 is 1.69 bits per heavy atom. The standard InChI is InChI=1S/C29H29N3O3S/c1-3-35-24-14-12-23(13-15-24)32-27(33)20(2)36-29(32)25-10-6-7-11-26(25)31(28(29)34)19-30-17-16-21-8-4-5-9-22(21)18-30/h4-15,20H,3,16-19H2,1-2H3. The lowest BCUT2D eigenvalue weighted by Gasteiger charge is -2.35. The van der Waals surface area contributed by atoms with E-state index < -0.39 is 4.87 Å². The third-order valence-corrected chi connectivity index (χ3v) is 8.76. The summed E-state index contributed by atoms with van der Waals surface area (Å²) in [5.74, 6) is 0.632. The van der Waals surface area contributed by atoms with Gasteiger partial charge in [0.05, 0.1) is 24.2 Å². The topological polar surface area (TPSA) is 53.1 Å². The Morgan fingerprint density at radius 3 is 2.47 bits per heavy atom. The highest BCUT2D eigenvalue weighted by molar-refractivity contribution is 8.03. The number of fused-ring (bicyclic) bond motifs is 3. The number of hydrogen-bond donors (Lipinski definition) is 0. The predicted octanol–water partition coefficient (Wildman–Crippen LogP) is 4.77. The molecule has 2 amide bonds. The van der Waals surface area contributed by atoms with Crippen molar-refractivity contribution in [3.63, 3.8) is 0 Å². The zero-order valence-electron chi connectivity index (χ0n) is 20.5. The van der Waals surface area contributed by atoms with Crippen molar-refractivity contribution in [2.45, 2.75) is 36.9 Å². The molecule has 0 radical (unpaired) electrons. The second-order valence-electron chi connectivity index (χ2n) is 9.47. The number of hydrogen-bond acceptors (Lipinski definition) is 5. The molecule has 3 aromatic rings. The number of ether oxygens (including phenoxy) is 1. The Kier molecular flexibility index (Phi) is 5.77. The van der Waals surface area contributed by atoms with Gasteiger partial charge in [0, 0.05) is 24.3 Å². The fourth-order valence-electron chi connectivity index (χ4n) is 5.61. The number of anilines is 2. The Balaban J connectivity index is 1.38. The maximum absolute atomic E-state index is 14.4. The molecule has 0 aliphatic carbocycles. The van der Waals surface area contributed by atoms with Crippen LogP contribution in [-0.2, 0) is 27.4 Å². The first-order valence-corrected chi connectivity index (χ1v) is 13.4. The zero-order valence-corrected chi connectivity index (χ0v) is 21.3. The summed E-state index contributed by atoms with van der Waals surface area (Å²) in [6.07, 6.45) is 0.966. The molecule has 0 N–H and O–H groups in total. The summed E-state index contributed by atoms with van der Waals surface area (Å²) < 4.78 is 5.60. The van der Waals surface area contributed by atoms with Gasteiger partial charge in [0.15, 0.2) is 0 Å². The van der Waals surface area contributed by atoms with Gasteiger partial charge >= 0.3 is 0 Å². The number of carbonyl (C=O) groups excluding carboxylic acids is 2. The number of rotatable bonds is 5. The van der Waals surface area contributed by atoms with Crippen LogP contribution >= 0.6 is 11.8 Å². The summed E-state index contributed by atoms with van der Waals surface area (Å²) in [5.41, 5.74) is 5.16. The van der Waals surface area contributed by atoms with Crippen LogP contribution in [0.1, 0.15) is 30.5 Å². The highest BCUT2D eigenvalue weighted by Crippen LogP contribution is 2.57. The van der Waals surface area contributed by atoms with E-state index in [1.54, 1.807) is 4.90 Å². The first kappa shape index (κ1) is 23.1. The second kappa shape index (κ2) is 8.98. The van der Waals surface area contributed by atoms with Crippen molar-refractivity contribution in [1.29, 1.82) is 0 Å². The van der Waals surface area contributed by atoms with Crippen LogP contribution in [0, 0.1) is 0 Å². The largest absolute Gasteiger partial charge is 0.494 e. The fraction of sp³-hybridized carbons (Fsp3) is 0.310. The summed E-state index contributed by atoms with van der Waals surface area (Å²) in [6.45, 7) is 6.59. The molecule has 3 aromatic carbocycles. The van der Waals surface area contributed by atoms with Gasteiger partial charge in [-0.3, -0.25) is 24.3 Å². The van der Waals surface area contributed by atoms with E-state index in [1.165, 1.54) is 22.9 Å². The third kappa shape index (κ3) is 3.52. The lowest BCUT2D eigenvalue weighted by atomic mass is 10.0. The molecule has 3 heterocycles. The molecule has 3 aliphatic heterocycles. The molecule has 0 bridgehead atoms. The quantitative estimate of drug-likeness (QED) is 0.506. The normalized spacial score (nSPS) is 23.3. The van der Waals surface area contributed by atoms with Crippen molar-refractivity contribution in [2.24, 2.45) is 0 Å². The van der Waals surface area contributed by atoms with E-state index in [-0.39, 0.29) is 17.1 Å². The van der Waals surface area contributed by atoms with E-state index in [1.807, 2.05) is 67.3 Å². The molecule has 7 heteroatoms. The SMILES string of the molecule is CCOc1ccc(N2C(=O)C(C)SC23C(=O)N(CN2CCc4ccccc4C2)c2ccccc23)cc1. The van der Waals surface area contributed by atoms with Crippen LogP contribution in [0.25, 0.3) is 0 Å². The van der Waals surface area contributed by atoms with Crippen LogP contribution in [0.3, 0.4) is 0 Å².